The number of carbonyl (C=O) groups is 1. The van der Waals surface area contributed by atoms with Crippen LogP contribution in [0.3, 0.4) is 0 Å². The summed E-state index contributed by atoms with van der Waals surface area (Å²) in [7, 11) is 0. The zero-order valence-corrected chi connectivity index (χ0v) is 6.57. The zero-order chi connectivity index (χ0) is 7.28. The number of carbonyl (C=O) groups excluding carboxylic acids is 1. The van der Waals surface area contributed by atoms with Crippen LogP contribution in [0.1, 0.15) is 0 Å². The van der Waals surface area contributed by atoms with Gasteiger partial charge in [0.1, 0.15) is 0 Å². The Balaban J connectivity index is 3.10. The van der Waals surface area contributed by atoms with Gasteiger partial charge in [-0.15, -0.1) is 0 Å². The first-order chi connectivity index (χ1) is 4.13. The Kier molecular flexibility index (Phi) is 4.35. The Morgan fingerprint density at radius 1 is 1.67 bits per heavy atom. The van der Waals surface area contributed by atoms with E-state index in [-0.39, 0.29) is 12.5 Å². The van der Waals surface area contributed by atoms with E-state index >= 15 is 0 Å². The van der Waals surface area contributed by atoms with E-state index in [0.717, 1.165) is 4.48 Å². The Morgan fingerprint density at radius 3 is 2.56 bits per heavy atom. The summed E-state index contributed by atoms with van der Waals surface area (Å²) in [4.78, 5) is 10.1. The van der Waals surface area contributed by atoms with Gasteiger partial charge in [0.05, 0.1) is 6.54 Å². The lowest BCUT2D eigenvalue weighted by atomic mass is 10.5. The topological polar surface area (TPSA) is 55.1 Å². The van der Waals surface area contributed by atoms with Crippen molar-refractivity contribution >= 4 is 21.8 Å². The fourth-order valence-electron chi connectivity index (χ4n) is 0.321. The molecular weight excluding hydrogens is 184 g/mol. The van der Waals surface area contributed by atoms with Crippen molar-refractivity contribution < 1.29 is 4.79 Å². The minimum Gasteiger partial charge on any atom is -0.369 e. The van der Waals surface area contributed by atoms with Crippen LogP contribution >= 0.6 is 15.9 Å². The molecule has 3 nitrogen and oxygen atoms in total. The molecule has 1 amide bonds. The van der Waals surface area contributed by atoms with Crippen LogP contribution in [0, 0.1) is 0 Å². The molecule has 0 rings (SSSR count). The smallest absolute Gasteiger partial charge is 0.231 e. The van der Waals surface area contributed by atoms with E-state index in [0.29, 0.717) is 6.54 Å². The average Bonchev–Trinajstić information content (AvgIpc) is 1.63. The lowest BCUT2D eigenvalue weighted by Crippen LogP contribution is -2.29. The quantitative estimate of drug-likeness (QED) is 0.658. The minimum atomic E-state index is -0.358. The number of nitrogens with two attached hydrogens (primary N) is 1. The van der Waals surface area contributed by atoms with E-state index in [1.165, 1.54) is 0 Å². The molecule has 0 unspecified atom stereocenters. The summed E-state index contributed by atoms with van der Waals surface area (Å²) in [5, 5.41) is 2.76. The number of hydrogen-bond acceptors (Lipinski definition) is 2. The van der Waals surface area contributed by atoms with Gasteiger partial charge in [-0.3, -0.25) is 4.79 Å². The highest BCUT2D eigenvalue weighted by Gasteiger charge is 1.91. The summed E-state index contributed by atoms with van der Waals surface area (Å²) < 4.78 is 0.809. The van der Waals surface area contributed by atoms with Gasteiger partial charge in [-0.2, -0.15) is 0 Å². The molecule has 0 radical (unpaired) electrons. The third kappa shape index (κ3) is 7.65. The number of amides is 1. The first kappa shape index (κ1) is 8.65. The molecule has 0 aromatic rings. The second-order valence-electron chi connectivity index (χ2n) is 1.59. The van der Waals surface area contributed by atoms with Crippen molar-refractivity contribution in [1.82, 2.24) is 5.32 Å². The molecule has 0 saturated heterocycles. The highest BCUT2D eigenvalue weighted by atomic mass is 79.9. The van der Waals surface area contributed by atoms with Gasteiger partial charge in [0.15, 0.2) is 0 Å². The number of rotatable bonds is 4. The van der Waals surface area contributed by atoms with Crippen LogP contribution in [0.25, 0.3) is 0 Å². The van der Waals surface area contributed by atoms with Crippen LogP contribution in [0.15, 0.2) is 11.1 Å². The first-order valence-corrected chi connectivity index (χ1v) is 3.24. The summed E-state index contributed by atoms with van der Waals surface area (Å²) in [5.74, 6) is -0.358. The molecule has 0 aliphatic rings. The van der Waals surface area contributed by atoms with E-state index in [9.17, 15) is 4.79 Å². The Morgan fingerprint density at radius 2 is 2.22 bits per heavy atom. The molecule has 0 aliphatic carbocycles. The molecule has 3 N–H and O–H groups in total. The molecule has 0 fully saturated rings. The van der Waals surface area contributed by atoms with Crippen molar-refractivity contribution in [3.8, 4) is 0 Å². The zero-order valence-electron chi connectivity index (χ0n) is 4.98. The third-order valence-electron chi connectivity index (χ3n) is 0.616. The number of hydrogen-bond donors (Lipinski definition) is 2. The highest BCUT2D eigenvalue weighted by molar-refractivity contribution is 9.11. The summed E-state index contributed by atoms with van der Waals surface area (Å²) in [6.07, 6.45) is 0. The van der Waals surface area contributed by atoms with Gasteiger partial charge in [-0.1, -0.05) is 22.5 Å². The number of primary amides is 1. The van der Waals surface area contributed by atoms with E-state index < -0.39 is 0 Å². The minimum absolute atomic E-state index is 0.199. The van der Waals surface area contributed by atoms with Gasteiger partial charge in [-0.25, -0.2) is 0 Å². The van der Waals surface area contributed by atoms with E-state index in [1.54, 1.807) is 0 Å². The molecule has 0 atom stereocenters. The van der Waals surface area contributed by atoms with Crippen LogP contribution < -0.4 is 11.1 Å². The first-order valence-electron chi connectivity index (χ1n) is 2.45. The molecule has 4 heteroatoms. The number of halogens is 1. The van der Waals surface area contributed by atoms with Gasteiger partial charge in [-0.05, 0) is 0 Å². The van der Waals surface area contributed by atoms with Gasteiger partial charge in [0.2, 0.25) is 5.91 Å². The molecule has 0 heterocycles. The molecule has 0 aliphatic heterocycles. The largest absolute Gasteiger partial charge is 0.369 e. The van der Waals surface area contributed by atoms with E-state index in [2.05, 4.69) is 27.8 Å². The second kappa shape index (κ2) is 4.52. The molecule has 0 aromatic carbocycles. The maximum atomic E-state index is 10.1. The lowest BCUT2D eigenvalue weighted by Gasteiger charge is -1.97. The molecule has 52 valence electrons. The molecule has 0 spiro atoms. The van der Waals surface area contributed by atoms with E-state index in [4.69, 9.17) is 5.73 Å². The highest BCUT2D eigenvalue weighted by Crippen LogP contribution is 1.95. The summed E-state index contributed by atoms with van der Waals surface area (Å²) in [5.41, 5.74) is 4.83. The second-order valence-corrected chi connectivity index (χ2v) is 2.71. The van der Waals surface area contributed by atoms with Crippen molar-refractivity contribution in [2.75, 3.05) is 13.1 Å². The average molecular weight is 193 g/mol. The van der Waals surface area contributed by atoms with Gasteiger partial charge in [0.25, 0.3) is 0 Å². The Labute approximate surface area is 62.4 Å². The standard InChI is InChI=1S/C5H9BrN2O/c1-4(6)2-8-3-5(7)9/h8H,1-3H2,(H2,7,9). The Hall–Kier alpha value is -0.350. The van der Waals surface area contributed by atoms with Gasteiger partial charge in [0, 0.05) is 11.0 Å². The SMILES string of the molecule is C=C(Br)CNCC(N)=O. The predicted molar refractivity (Wildman–Crippen MR) is 40.1 cm³/mol. The number of nitrogens with one attached hydrogen (secondary N) is 1. The van der Waals surface area contributed by atoms with Gasteiger partial charge < -0.3 is 11.1 Å². The predicted octanol–water partition coefficient (Wildman–Crippen LogP) is -0.0301. The Bertz CT molecular complexity index is 110. The summed E-state index contributed by atoms with van der Waals surface area (Å²) in [6, 6.07) is 0. The van der Waals surface area contributed by atoms with Crippen molar-refractivity contribution in [1.29, 1.82) is 0 Å². The molecule has 0 saturated carbocycles. The van der Waals surface area contributed by atoms with Crippen LogP contribution in [0.5, 0.6) is 0 Å². The van der Waals surface area contributed by atoms with Crippen molar-refractivity contribution in [2.45, 2.75) is 0 Å². The maximum absolute atomic E-state index is 10.1. The van der Waals surface area contributed by atoms with Crippen LogP contribution in [-0.4, -0.2) is 19.0 Å². The van der Waals surface area contributed by atoms with Crippen molar-refractivity contribution in [3.05, 3.63) is 11.1 Å². The van der Waals surface area contributed by atoms with Crippen molar-refractivity contribution in [3.63, 3.8) is 0 Å². The maximum Gasteiger partial charge on any atom is 0.231 e. The van der Waals surface area contributed by atoms with Crippen LogP contribution in [0.4, 0.5) is 0 Å². The van der Waals surface area contributed by atoms with Crippen molar-refractivity contribution in [2.24, 2.45) is 5.73 Å². The lowest BCUT2D eigenvalue weighted by molar-refractivity contribution is -0.117. The molecule has 9 heavy (non-hydrogen) atoms. The fourth-order valence-corrected chi connectivity index (χ4v) is 0.520. The van der Waals surface area contributed by atoms with Gasteiger partial charge >= 0.3 is 0 Å². The van der Waals surface area contributed by atoms with Crippen LogP contribution in [0.2, 0.25) is 0 Å². The molecule has 0 bridgehead atoms. The van der Waals surface area contributed by atoms with E-state index in [1.807, 2.05) is 0 Å². The normalized spacial score (nSPS) is 9.00. The third-order valence-corrected chi connectivity index (χ3v) is 0.896. The molecule has 0 aromatic heterocycles. The van der Waals surface area contributed by atoms with Crippen LogP contribution in [-0.2, 0) is 4.79 Å². The summed E-state index contributed by atoms with van der Waals surface area (Å²) in [6.45, 7) is 4.33. The fraction of sp³-hybridized carbons (Fsp3) is 0.400. The molecular formula is C5H9BrN2O. The monoisotopic (exact) mass is 192 g/mol. The summed E-state index contributed by atoms with van der Waals surface area (Å²) >= 11 is 3.12.